The van der Waals surface area contributed by atoms with E-state index in [4.69, 9.17) is 4.42 Å². The van der Waals surface area contributed by atoms with Gasteiger partial charge in [-0.25, -0.2) is 18.4 Å². The number of pyridine rings is 1. The Morgan fingerprint density at radius 3 is 2.57 bits per heavy atom. The number of aromatic nitrogens is 3. The molecule has 1 aromatic carbocycles. The molecule has 0 saturated carbocycles. The van der Waals surface area contributed by atoms with Crippen LogP contribution in [0.15, 0.2) is 70.6 Å². The standard InChI is InChI=1S/C25H21F3N4O4S/c26-25(27,28)18-14-30-24(31-15-18)17-9-10-29-19(12-17)7-8-21(33)20-5-3-11-32(20)37(34,35)23-13-16-4-1-2-6-22(16)36-23/h1-2,4,6,9-10,12-15,20H,3,5,7-8,11H2. The highest BCUT2D eigenvalue weighted by Crippen LogP contribution is 2.31. The first kappa shape index (κ1) is 25.0. The Bertz CT molecular complexity index is 1520. The Kier molecular flexibility index (Phi) is 6.54. The lowest BCUT2D eigenvalue weighted by Crippen LogP contribution is -2.40. The van der Waals surface area contributed by atoms with Crippen LogP contribution in [0.5, 0.6) is 0 Å². The summed E-state index contributed by atoms with van der Waals surface area (Å²) in [4.78, 5) is 24.9. The predicted octanol–water partition coefficient (Wildman–Crippen LogP) is 4.66. The SMILES string of the molecule is O=C(CCc1cc(-c2ncc(C(F)(F)F)cn2)ccn1)C1CCCN1S(=O)(=O)c1cc2ccccc2o1. The van der Waals surface area contributed by atoms with Gasteiger partial charge in [-0.15, -0.1) is 0 Å². The van der Waals surface area contributed by atoms with Crippen LogP contribution >= 0.6 is 0 Å². The Balaban J connectivity index is 1.28. The molecule has 5 rings (SSSR count). The number of carbonyl (C=O) groups is 1. The summed E-state index contributed by atoms with van der Waals surface area (Å²) in [5.41, 5.74) is 0.473. The summed E-state index contributed by atoms with van der Waals surface area (Å²) in [6.07, 6.45) is -0.423. The molecule has 0 aliphatic carbocycles. The molecule has 1 atom stereocenters. The lowest BCUT2D eigenvalue weighted by Gasteiger charge is -2.21. The number of Topliss-reactive ketones (excluding diaryl/α,β-unsaturated/α-hetero) is 1. The number of carbonyl (C=O) groups excluding carboxylic acids is 1. The fraction of sp³-hybridized carbons (Fsp3) is 0.280. The highest BCUT2D eigenvalue weighted by Gasteiger charge is 2.40. The van der Waals surface area contributed by atoms with Crippen LogP contribution in [0.25, 0.3) is 22.4 Å². The number of para-hydroxylation sites is 1. The number of fused-ring (bicyclic) bond motifs is 1. The Labute approximate surface area is 210 Å². The van der Waals surface area contributed by atoms with Crippen molar-refractivity contribution in [3.63, 3.8) is 0 Å². The van der Waals surface area contributed by atoms with Crippen LogP contribution in [0.2, 0.25) is 0 Å². The van der Waals surface area contributed by atoms with Crippen LogP contribution < -0.4 is 0 Å². The van der Waals surface area contributed by atoms with Crippen molar-refractivity contribution in [1.29, 1.82) is 0 Å². The number of hydrogen-bond donors (Lipinski definition) is 0. The number of halogens is 3. The van der Waals surface area contributed by atoms with Gasteiger partial charge in [-0.3, -0.25) is 9.78 Å². The first-order valence-corrected chi connectivity index (χ1v) is 12.9. The van der Waals surface area contributed by atoms with Gasteiger partial charge < -0.3 is 4.42 Å². The average molecular weight is 531 g/mol. The summed E-state index contributed by atoms with van der Waals surface area (Å²) in [5.74, 6) is -0.142. The summed E-state index contributed by atoms with van der Waals surface area (Å²) in [6, 6.07) is 10.8. The predicted molar refractivity (Wildman–Crippen MR) is 127 cm³/mol. The van der Waals surface area contributed by atoms with E-state index in [0.717, 1.165) is 0 Å². The van der Waals surface area contributed by atoms with Crippen LogP contribution in [-0.4, -0.2) is 46.0 Å². The lowest BCUT2D eigenvalue weighted by atomic mass is 10.0. The zero-order valence-corrected chi connectivity index (χ0v) is 20.2. The van der Waals surface area contributed by atoms with Gasteiger partial charge in [-0.1, -0.05) is 18.2 Å². The number of ketones is 1. The van der Waals surface area contributed by atoms with Crippen LogP contribution in [0.3, 0.4) is 0 Å². The van der Waals surface area contributed by atoms with Crippen molar-refractivity contribution in [2.45, 2.75) is 43.0 Å². The largest absolute Gasteiger partial charge is 0.443 e. The second kappa shape index (κ2) is 9.67. The average Bonchev–Trinajstić information content (AvgIpc) is 3.55. The Morgan fingerprint density at radius 1 is 1.08 bits per heavy atom. The van der Waals surface area contributed by atoms with E-state index in [9.17, 15) is 26.4 Å². The van der Waals surface area contributed by atoms with Crippen molar-refractivity contribution in [2.24, 2.45) is 0 Å². The highest BCUT2D eigenvalue weighted by atomic mass is 32.2. The summed E-state index contributed by atoms with van der Waals surface area (Å²) in [6.45, 7) is 0.217. The summed E-state index contributed by atoms with van der Waals surface area (Å²) in [5, 5.41) is 0.463. The topological polar surface area (TPSA) is 106 Å². The molecule has 12 heteroatoms. The molecule has 3 aromatic heterocycles. The normalized spacial score (nSPS) is 16.9. The molecule has 0 amide bonds. The van der Waals surface area contributed by atoms with Crippen LogP contribution in [0.4, 0.5) is 13.2 Å². The van der Waals surface area contributed by atoms with Gasteiger partial charge in [0, 0.05) is 54.3 Å². The molecule has 37 heavy (non-hydrogen) atoms. The van der Waals surface area contributed by atoms with Crippen LogP contribution in [0, 0.1) is 0 Å². The van der Waals surface area contributed by atoms with Gasteiger partial charge in [0.2, 0.25) is 5.09 Å². The van der Waals surface area contributed by atoms with Crippen molar-refractivity contribution in [1.82, 2.24) is 19.3 Å². The molecule has 1 aliphatic rings. The van der Waals surface area contributed by atoms with Gasteiger partial charge in [-0.05, 0) is 37.5 Å². The number of furan rings is 1. The van der Waals surface area contributed by atoms with Crippen molar-refractivity contribution in [3.05, 3.63) is 72.3 Å². The molecule has 1 aliphatic heterocycles. The van der Waals surface area contributed by atoms with E-state index in [0.29, 0.717) is 47.5 Å². The molecule has 0 spiro atoms. The molecule has 8 nitrogen and oxygen atoms in total. The van der Waals surface area contributed by atoms with Crippen molar-refractivity contribution in [3.8, 4) is 11.4 Å². The molecular weight excluding hydrogens is 509 g/mol. The van der Waals surface area contributed by atoms with Gasteiger partial charge in [0.05, 0.1) is 11.6 Å². The Morgan fingerprint density at radius 2 is 1.84 bits per heavy atom. The van der Waals surface area contributed by atoms with Gasteiger partial charge in [0.1, 0.15) is 5.58 Å². The maximum atomic E-state index is 13.3. The van der Waals surface area contributed by atoms with Gasteiger partial charge in [0.25, 0.3) is 10.0 Å². The number of aryl methyl sites for hydroxylation is 1. The van der Waals surface area contributed by atoms with Crippen molar-refractivity contribution >= 4 is 26.8 Å². The second-order valence-corrected chi connectivity index (χ2v) is 10.5. The third kappa shape index (κ3) is 5.12. The van der Waals surface area contributed by atoms with Crippen molar-refractivity contribution in [2.75, 3.05) is 6.54 Å². The monoisotopic (exact) mass is 530 g/mol. The zero-order valence-electron chi connectivity index (χ0n) is 19.4. The van der Waals surface area contributed by atoms with E-state index in [1.807, 2.05) is 0 Å². The van der Waals surface area contributed by atoms with E-state index < -0.39 is 27.8 Å². The molecule has 0 bridgehead atoms. The molecule has 1 saturated heterocycles. The number of rotatable bonds is 7. The minimum absolute atomic E-state index is 0.0428. The van der Waals surface area contributed by atoms with Crippen LogP contribution in [-0.2, 0) is 27.4 Å². The molecule has 4 heterocycles. The number of hydrogen-bond acceptors (Lipinski definition) is 7. The van der Waals surface area contributed by atoms with E-state index in [1.165, 1.54) is 16.6 Å². The smallest absolute Gasteiger partial charge is 0.419 e. The highest BCUT2D eigenvalue weighted by molar-refractivity contribution is 7.89. The van der Waals surface area contributed by atoms with Gasteiger partial charge >= 0.3 is 6.18 Å². The zero-order chi connectivity index (χ0) is 26.2. The molecule has 1 fully saturated rings. The Hall–Kier alpha value is -3.64. The summed E-state index contributed by atoms with van der Waals surface area (Å²) in [7, 11) is -4.00. The summed E-state index contributed by atoms with van der Waals surface area (Å²) < 4.78 is 71.6. The molecule has 192 valence electrons. The minimum Gasteiger partial charge on any atom is -0.443 e. The quantitative estimate of drug-likeness (QED) is 0.342. The third-order valence-electron chi connectivity index (χ3n) is 6.22. The fourth-order valence-corrected chi connectivity index (χ4v) is 5.97. The van der Waals surface area contributed by atoms with E-state index in [-0.39, 0.29) is 36.1 Å². The van der Waals surface area contributed by atoms with E-state index in [1.54, 1.807) is 36.4 Å². The number of sulfonamides is 1. The van der Waals surface area contributed by atoms with Gasteiger partial charge in [-0.2, -0.15) is 17.5 Å². The maximum absolute atomic E-state index is 13.3. The van der Waals surface area contributed by atoms with Crippen LogP contribution in [0.1, 0.15) is 30.5 Å². The number of benzene rings is 1. The van der Waals surface area contributed by atoms with Crippen molar-refractivity contribution < 1.29 is 30.8 Å². The third-order valence-corrected chi connectivity index (χ3v) is 7.99. The maximum Gasteiger partial charge on any atom is 0.419 e. The molecule has 1 unspecified atom stereocenters. The van der Waals surface area contributed by atoms with Gasteiger partial charge in [0.15, 0.2) is 11.6 Å². The first-order valence-electron chi connectivity index (χ1n) is 11.5. The number of alkyl halides is 3. The lowest BCUT2D eigenvalue weighted by molar-refractivity contribution is -0.138. The van der Waals surface area contributed by atoms with E-state index in [2.05, 4.69) is 15.0 Å². The molecule has 0 N–H and O–H groups in total. The molecular formula is C25H21F3N4O4S. The molecule has 0 radical (unpaired) electrons. The summed E-state index contributed by atoms with van der Waals surface area (Å²) >= 11 is 0. The minimum atomic E-state index is -4.53. The first-order chi connectivity index (χ1) is 17.6. The van der Waals surface area contributed by atoms with E-state index >= 15 is 0 Å². The number of nitrogens with zero attached hydrogens (tertiary/aromatic N) is 4. The fourth-order valence-electron chi connectivity index (χ4n) is 4.35. The second-order valence-electron chi connectivity index (χ2n) is 8.67. The molecule has 4 aromatic rings.